The molecule has 4 nitrogen and oxygen atoms in total. The summed E-state index contributed by atoms with van der Waals surface area (Å²) in [7, 11) is -3.24. The van der Waals surface area contributed by atoms with E-state index in [2.05, 4.69) is 0 Å². The van der Waals surface area contributed by atoms with Crippen LogP contribution in [0.5, 0.6) is 0 Å². The molecule has 0 aliphatic carbocycles. The second-order valence-corrected chi connectivity index (χ2v) is 7.26. The Hall–Kier alpha value is -0.640. The Morgan fingerprint density at radius 3 is 2.14 bits per heavy atom. The molecular formula is C16H24ClO4P. The zero-order valence-corrected chi connectivity index (χ0v) is 15.2. The van der Waals surface area contributed by atoms with E-state index in [9.17, 15) is 4.57 Å². The van der Waals surface area contributed by atoms with E-state index in [-0.39, 0.29) is 0 Å². The van der Waals surface area contributed by atoms with E-state index in [1.165, 1.54) is 0 Å². The lowest BCUT2D eigenvalue weighted by Crippen LogP contribution is -2.18. The molecule has 6 heteroatoms. The van der Waals surface area contributed by atoms with Gasteiger partial charge in [0.2, 0.25) is 6.03 Å². The fraction of sp³-hybridized carbons (Fsp3) is 0.500. The molecule has 0 spiro atoms. The number of benzene rings is 1. The maximum Gasteiger partial charge on any atom is 0.279 e. The quantitative estimate of drug-likeness (QED) is 0.445. The highest BCUT2D eigenvalue weighted by atomic mass is 35.5. The maximum absolute atomic E-state index is 13.2. The summed E-state index contributed by atoms with van der Waals surface area (Å²) >= 11 is 5.89. The molecule has 0 saturated heterocycles. The van der Waals surface area contributed by atoms with Gasteiger partial charge in [0.15, 0.2) is 0 Å². The molecule has 1 unspecified atom stereocenters. The largest absolute Gasteiger partial charge is 0.344 e. The minimum atomic E-state index is -3.24. The van der Waals surface area contributed by atoms with E-state index in [4.69, 9.17) is 25.6 Å². The van der Waals surface area contributed by atoms with Crippen LogP contribution in [0.25, 0.3) is 5.57 Å². The van der Waals surface area contributed by atoms with E-state index in [1.807, 2.05) is 32.9 Å². The van der Waals surface area contributed by atoms with Crippen molar-refractivity contribution in [3.8, 4) is 0 Å². The minimum Gasteiger partial charge on any atom is -0.344 e. The van der Waals surface area contributed by atoms with Crippen molar-refractivity contribution in [1.29, 1.82) is 0 Å². The molecule has 0 radical (unpaired) electrons. The maximum atomic E-state index is 13.2. The topological polar surface area (TPSA) is 44.8 Å². The Morgan fingerprint density at radius 1 is 1.14 bits per heavy atom. The SMILES string of the molecule is CCOC(OCC)P(=O)(C=C(C)c1ccc(Cl)cc1)OCC. The van der Waals surface area contributed by atoms with Crippen molar-refractivity contribution < 1.29 is 18.6 Å². The number of allylic oxidation sites excluding steroid dienone is 1. The summed E-state index contributed by atoms with van der Waals surface area (Å²) in [5.74, 6) is 1.62. The second kappa shape index (κ2) is 9.49. The number of ether oxygens (including phenoxy) is 2. The first-order valence-electron chi connectivity index (χ1n) is 7.39. The smallest absolute Gasteiger partial charge is 0.279 e. The van der Waals surface area contributed by atoms with Gasteiger partial charge in [0.05, 0.1) is 6.61 Å². The van der Waals surface area contributed by atoms with Crippen molar-refractivity contribution in [2.45, 2.75) is 33.7 Å². The lowest BCUT2D eigenvalue weighted by molar-refractivity contribution is -0.0877. The average Bonchev–Trinajstić information content (AvgIpc) is 2.47. The van der Waals surface area contributed by atoms with E-state index in [0.717, 1.165) is 11.1 Å². The first kappa shape index (κ1) is 19.4. The Kier molecular flexibility index (Phi) is 8.37. The predicted octanol–water partition coefficient (Wildman–Crippen LogP) is 5.37. The molecule has 0 bridgehead atoms. The van der Waals surface area contributed by atoms with Gasteiger partial charge in [-0.15, -0.1) is 0 Å². The van der Waals surface area contributed by atoms with Gasteiger partial charge >= 0.3 is 0 Å². The Morgan fingerprint density at radius 2 is 1.68 bits per heavy atom. The summed E-state index contributed by atoms with van der Waals surface area (Å²) in [6, 6.07) is 6.46. The number of hydrogen-bond donors (Lipinski definition) is 0. The van der Waals surface area contributed by atoms with Gasteiger partial charge in [-0.3, -0.25) is 4.57 Å². The van der Waals surface area contributed by atoms with Crippen LogP contribution in [-0.4, -0.2) is 25.9 Å². The Labute approximate surface area is 137 Å². The number of rotatable bonds is 9. The molecule has 0 fully saturated rings. The van der Waals surface area contributed by atoms with Crippen molar-refractivity contribution in [3.63, 3.8) is 0 Å². The number of halogens is 1. The van der Waals surface area contributed by atoms with Crippen LogP contribution in [-0.2, 0) is 18.6 Å². The highest BCUT2D eigenvalue weighted by molar-refractivity contribution is 7.62. The van der Waals surface area contributed by atoms with Crippen LogP contribution < -0.4 is 0 Å². The van der Waals surface area contributed by atoms with Crippen LogP contribution in [0.3, 0.4) is 0 Å². The van der Waals surface area contributed by atoms with Gasteiger partial charge < -0.3 is 14.0 Å². The molecule has 0 aromatic heterocycles. The fourth-order valence-corrected chi connectivity index (χ4v) is 4.21. The lowest BCUT2D eigenvalue weighted by Gasteiger charge is -2.24. The van der Waals surface area contributed by atoms with Crippen LogP contribution in [0.4, 0.5) is 0 Å². The van der Waals surface area contributed by atoms with Gasteiger partial charge in [0.25, 0.3) is 7.37 Å². The van der Waals surface area contributed by atoms with Crippen LogP contribution in [0.1, 0.15) is 33.3 Å². The Bertz CT molecular complexity index is 521. The standard InChI is InChI=1S/C16H24ClO4P/c1-5-19-16(20-6-2)22(18,21-7-3)12-13(4)14-8-10-15(17)11-9-14/h8-12,16H,5-7H2,1-4H3. The zero-order chi connectivity index (χ0) is 16.6. The van der Waals surface area contributed by atoms with Crippen molar-refractivity contribution in [3.05, 3.63) is 40.7 Å². The van der Waals surface area contributed by atoms with Crippen LogP contribution in [0.15, 0.2) is 30.1 Å². The third-order valence-electron chi connectivity index (χ3n) is 2.92. The molecular weight excluding hydrogens is 323 g/mol. The second-order valence-electron chi connectivity index (χ2n) is 4.60. The molecule has 0 amide bonds. The summed E-state index contributed by atoms with van der Waals surface area (Å²) in [4.78, 5) is 0. The van der Waals surface area contributed by atoms with Crippen molar-refractivity contribution in [1.82, 2.24) is 0 Å². The molecule has 1 atom stereocenters. The molecule has 22 heavy (non-hydrogen) atoms. The first-order valence-corrected chi connectivity index (χ1v) is 9.53. The highest BCUT2D eigenvalue weighted by Gasteiger charge is 2.34. The normalized spacial score (nSPS) is 15.1. The predicted molar refractivity (Wildman–Crippen MR) is 91.4 cm³/mol. The van der Waals surface area contributed by atoms with Gasteiger partial charge in [0.1, 0.15) is 0 Å². The third kappa shape index (κ3) is 5.53. The molecule has 0 N–H and O–H groups in total. The monoisotopic (exact) mass is 346 g/mol. The van der Waals surface area contributed by atoms with Gasteiger partial charge in [-0.05, 0) is 51.0 Å². The average molecular weight is 347 g/mol. The summed E-state index contributed by atoms with van der Waals surface area (Å²) in [5, 5.41) is 0.658. The van der Waals surface area contributed by atoms with Crippen molar-refractivity contribution in [2.75, 3.05) is 19.8 Å². The summed E-state index contributed by atoms with van der Waals surface area (Å²) in [6.07, 6.45) is 0. The molecule has 1 aromatic rings. The molecule has 1 aromatic carbocycles. The van der Waals surface area contributed by atoms with Crippen LogP contribution >= 0.6 is 19.0 Å². The van der Waals surface area contributed by atoms with E-state index >= 15 is 0 Å². The van der Waals surface area contributed by atoms with E-state index in [0.29, 0.717) is 24.8 Å². The Balaban J connectivity index is 3.13. The summed E-state index contributed by atoms with van der Waals surface area (Å²) < 4.78 is 29.6. The van der Waals surface area contributed by atoms with Crippen LogP contribution in [0, 0.1) is 0 Å². The molecule has 124 valence electrons. The van der Waals surface area contributed by atoms with Gasteiger partial charge in [-0.2, -0.15) is 0 Å². The molecule has 0 saturated carbocycles. The van der Waals surface area contributed by atoms with Crippen molar-refractivity contribution in [2.24, 2.45) is 0 Å². The minimum absolute atomic E-state index is 0.318. The molecule has 0 aliphatic rings. The van der Waals surface area contributed by atoms with E-state index < -0.39 is 13.4 Å². The summed E-state index contributed by atoms with van der Waals surface area (Å²) in [5.41, 5.74) is 1.76. The van der Waals surface area contributed by atoms with Gasteiger partial charge in [0, 0.05) is 24.1 Å². The van der Waals surface area contributed by atoms with Gasteiger partial charge in [-0.1, -0.05) is 23.7 Å². The first-order chi connectivity index (χ1) is 10.5. The van der Waals surface area contributed by atoms with Gasteiger partial charge in [-0.25, -0.2) is 0 Å². The summed E-state index contributed by atoms with van der Waals surface area (Å²) in [6.45, 7) is 8.45. The molecule has 0 heterocycles. The lowest BCUT2D eigenvalue weighted by atomic mass is 10.1. The third-order valence-corrected chi connectivity index (χ3v) is 5.46. The molecule has 1 rings (SSSR count). The zero-order valence-electron chi connectivity index (χ0n) is 13.5. The van der Waals surface area contributed by atoms with E-state index in [1.54, 1.807) is 24.9 Å². The molecule has 0 aliphatic heterocycles. The number of hydrogen-bond acceptors (Lipinski definition) is 4. The highest BCUT2D eigenvalue weighted by Crippen LogP contribution is 2.55. The van der Waals surface area contributed by atoms with Crippen LogP contribution in [0.2, 0.25) is 5.02 Å². The van der Waals surface area contributed by atoms with Crippen molar-refractivity contribution >= 4 is 24.5 Å². The fourth-order valence-electron chi connectivity index (χ4n) is 1.96.